The maximum atomic E-state index is 14.3. The molecule has 0 aromatic heterocycles. The quantitative estimate of drug-likeness (QED) is 0.129. The Morgan fingerprint density at radius 2 is 1.82 bits per heavy atom. The van der Waals surface area contributed by atoms with E-state index >= 15 is 0 Å². The van der Waals surface area contributed by atoms with Gasteiger partial charge in [-0.2, -0.15) is 0 Å². The number of β-amino-alcohol motifs (C(OH)–C–C–N with tert-alkyl or cyclic N) is 1. The highest BCUT2D eigenvalue weighted by Crippen LogP contribution is 2.57. The molecule has 2 aliphatic carbocycles. The van der Waals surface area contributed by atoms with Gasteiger partial charge in [0.25, 0.3) is 0 Å². The standard InChI is InChI=1S/C33H52N2O9S/c1-8-10-11-12-13-22(21-43-7)25(17-28(38)44-31(3,4)5)29(39)35-20-24(36)16-26(35)27(37)19-33(18-23(33)9-2)30(40)34-45(41,42)32(6)14-15-32/h8-9,22-26,36H,1-2,10-21H2,3-7H3,(H,34,40)/t22-,23+,24+,25-,26-,33+/m0/s1. The number of amides is 2. The summed E-state index contributed by atoms with van der Waals surface area (Å²) in [5.41, 5.74) is -2.06. The van der Waals surface area contributed by atoms with E-state index in [4.69, 9.17) is 9.47 Å². The first kappa shape index (κ1) is 36.9. The lowest BCUT2D eigenvalue weighted by Crippen LogP contribution is -2.48. The molecule has 45 heavy (non-hydrogen) atoms. The van der Waals surface area contributed by atoms with Gasteiger partial charge in [0.2, 0.25) is 21.8 Å². The van der Waals surface area contributed by atoms with E-state index in [2.05, 4.69) is 17.9 Å². The topological polar surface area (TPSA) is 156 Å². The monoisotopic (exact) mass is 652 g/mol. The third-order valence-electron chi connectivity index (χ3n) is 9.43. The summed E-state index contributed by atoms with van der Waals surface area (Å²) < 4.78 is 37.9. The van der Waals surface area contributed by atoms with Crippen molar-refractivity contribution in [3.63, 3.8) is 0 Å². The van der Waals surface area contributed by atoms with Crippen molar-refractivity contribution in [2.75, 3.05) is 20.3 Å². The highest BCUT2D eigenvalue weighted by atomic mass is 32.2. The molecule has 12 heteroatoms. The molecule has 3 aliphatic rings. The molecule has 3 fully saturated rings. The van der Waals surface area contributed by atoms with E-state index in [1.807, 2.05) is 6.08 Å². The third-order valence-corrected chi connectivity index (χ3v) is 11.6. The molecule has 0 aromatic carbocycles. The fourth-order valence-electron chi connectivity index (χ4n) is 6.31. The minimum atomic E-state index is -3.92. The highest BCUT2D eigenvalue weighted by Gasteiger charge is 2.62. The van der Waals surface area contributed by atoms with Crippen LogP contribution in [0.1, 0.15) is 91.9 Å². The van der Waals surface area contributed by atoms with E-state index in [1.165, 1.54) is 12.0 Å². The molecule has 3 rings (SSSR count). The molecule has 1 saturated heterocycles. The van der Waals surface area contributed by atoms with Crippen LogP contribution in [0.4, 0.5) is 0 Å². The molecule has 0 bridgehead atoms. The number of methoxy groups -OCH3 is 1. The van der Waals surface area contributed by atoms with E-state index in [-0.39, 0.29) is 44.8 Å². The number of esters is 1. The minimum absolute atomic E-state index is 0.0230. The first-order valence-electron chi connectivity index (χ1n) is 16.0. The maximum Gasteiger partial charge on any atom is 0.307 e. The Kier molecular flexibility index (Phi) is 11.9. The minimum Gasteiger partial charge on any atom is -0.460 e. The normalized spacial score (nSPS) is 26.8. The zero-order valence-corrected chi connectivity index (χ0v) is 28.3. The van der Waals surface area contributed by atoms with Gasteiger partial charge in [-0.05, 0) is 78.1 Å². The summed E-state index contributed by atoms with van der Waals surface area (Å²) >= 11 is 0. The number of hydrogen-bond acceptors (Lipinski definition) is 9. The van der Waals surface area contributed by atoms with Crippen LogP contribution in [-0.4, -0.2) is 84.7 Å². The van der Waals surface area contributed by atoms with Crippen LogP contribution in [0.3, 0.4) is 0 Å². The van der Waals surface area contributed by atoms with E-state index in [0.717, 1.165) is 19.3 Å². The Morgan fingerprint density at radius 1 is 1.16 bits per heavy atom. The number of unbranched alkanes of at least 4 members (excludes halogenated alkanes) is 2. The molecular formula is C33H52N2O9S. The van der Waals surface area contributed by atoms with Gasteiger partial charge in [0.15, 0.2) is 5.78 Å². The van der Waals surface area contributed by atoms with Crippen molar-refractivity contribution < 1.29 is 42.2 Å². The molecule has 11 nitrogen and oxygen atoms in total. The van der Waals surface area contributed by atoms with Crippen molar-refractivity contribution in [1.82, 2.24) is 9.62 Å². The lowest BCUT2D eigenvalue weighted by molar-refractivity contribution is -0.160. The summed E-state index contributed by atoms with van der Waals surface area (Å²) in [6.07, 6.45) is 6.01. The summed E-state index contributed by atoms with van der Waals surface area (Å²) in [5.74, 6) is -3.82. The fourth-order valence-corrected chi connectivity index (χ4v) is 7.64. The van der Waals surface area contributed by atoms with Gasteiger partial charge in [0.1, 0.15) is 5.60 Å². The first-order valence-corrected chi connectivity index (χ1v) is 17.4. The first-order chi connectivity index (χ1) is 20.9. The number of aliphatic hydroxyl groups excluding tert-OH is 1. The zero-order valence-electron chi connectivity index (χ0n) is 27.5. The average Bonchev–Trinajstić information content (AvgIpc) is 3.83. The molecule has 2 saturated carbocycles. The summed E-state index contributed by atoms with van der Waals surface area (Å²) in [4.78, 5) is 55.9. The number of aliphatic hydroxyl groups is 1. The number of carbonyl (C=O) groups is 4. The van der Waals surface area contributed by atoms with E-state index < -0.39 is 73.3 Å². The molecule has 2 N–H and O–H groups in total. The fraction of sp³-hybridized carbons (Fsp3) is 0.758. The number of rotatable bonds is 18. The van der Waals surface area contributed by atoms with E-state index in [0.29, 0.717) is 19.3 Å². The molecule has 0 radical (unpaired) electrons. The number of hydrogen-bond donors (Lipinski definition) is 2. The van der Waals surface area contributed by atoms with Crippen LogP contribution in [0.5, 0.6) is 0 Å². The molecule has 0 unspecified atom stereocenters. The van der Waals surface area contributed by atoms with Crippen molar-refractivity contribution in [3.8, 4) is 0 Å². The van der Waals surface area contributed by atoms with Crippen LogP contribution in [0.2, 0.25) is 0 Å². The van der Waals surface area contributed by atoms with Crippen LogP contribution >= 0.6 is 0 Å². The van der Waals surface area contributed by atoms with Crippen LogP contribution < -0.4 is 4.72 Å². The van der Waals surface area contributed by atoms with Gasteiger partial charge in [-0.25, -0.2) is 8.42 Å². The number of allylic oxidation sites excluding steroid dienone is 2. The zero-order chi connectivity index (χ0) is 33.8. The molecule has 6 atom stereocenters. The lowest BCUT2D eigenvalue weighted by Gasteiger charge is -2.33. The van der Waals surface area contributed by atoms with Crippen molar-refractivity contribution >= 4 is 33.6 Å². The second-order valence-corrected chi connectivity index (χ2v) is 16.5. The smallest absolute Gasteiger partial charge is 0.307 e. The van der Waals surface area contributed by atoms with Crippen LogP contribution in [0.25, 0.3) is 0 Å². The summed E-state index contributed by atoms with van der Waals surface area (Å²) in [6.45, 7) is 14.4. The van der Waals surface area contributed by atoms with Gasteiger partial charge in [-0.1, -0.05) is 18.6 Å². The lowest BCUT2D eigenvalue weighted by atomic mass is 9.84. The molecule has 2 amide bonds. The second-order valence-electron chi connectivity index (χ2n) is 14.3. The van der Waals surface area contributed by atoms with Crippen LogP contribution in [0, 0.1) is 23.2 Å². The van der Waals surface area contributed by atoms with Gasteiger partial charge in [-0.3, -0.25) is 23.9 Å². The Morgan fingerprint density at radius 3 is 2.36 bits per heavy atom. The van der Waals surface area contributed by atoms with Gasteiger partial charge >= 0.3 is 5.97 Å². The van der Waals surface area contributed by atoms with Crippen LogP contribution in [-0.2, 0) is 38.7 Å². The highest BCUT2D eigenvalue weighted by molar-refractivity contribution is 7.91. The third kappa shape index (κ3) is 9.04. The Bertz CT molecular complexity index is 1250. The number of nitrogens with zero attached hydrogens (tertiary/aromatic N) is 1. The molecule has 1 aliphatic heterocycles. The number of nitrogens with one attached hydrogen (secondary N) is 1. The Hall–Kier alpha value is -2.57. The van der Waals surface area contributed by atoms with Crippen molar-refractivity contribution in [1.29, 1.82) is 0 Å². The van der Waals surface area contributed by atoms with E-state index in [1.54, 1.807) is 33.8 Å². The Balaban J connectivity index is 1.85. The van der Waals surface area contributed by atoms with Gasteiger partial charge in [0.05, 0.1) is 34.6 Å². The van der Waals surface area contributed by atoms with Crippen molar-refractivity contribution in [2.24, 2.45) is 23.2 Å². The SMILES string of the molecule is C=CCCCC[C@@H](COC)[C@H](CC(=O)OC(C)(C)C)C(=O)N1C[C@H](O)C[C@H]1C(=O)C[C@]1(C(=O)NS(=O)(=O)C2(C)CC2)C[C@H]1C=C. The van der Waals surface area contributed by atoms with Crippen LogP contribution in [0.15, 0.2) is 25.3 Å². The molecular weight excluding hydrogens is 600 g/mol. The number of sulfonamides is 1. The predicted molar refractivity (Wildman–Crippen MR) is 169 cm³/mol. The van der Waals surface area contributed by atoms with E-state index in [9.17, 15) is 32.7 Å². The number of carbonyl (C=O) groups excluding carboxylic acids is 4. The number of ether oxygens (including phenoxy) is 2. The summed E-state index contributed by atoms with van der Waals surface area (Å²) in [6, 6.07) is -1.04. The summed E-state index contributed by atoms with van der Waals surface area (Å²) in [5, 5.41) is 10.7. The predicted octanol–water partition coefficient (Wildman–Crippen LogP) is 3.46. The largest absolute Gasteiger partial charge is 0.460 e. The molecule has 0 spiro atoms. The molecule has 1 heterocycles. The Labute approximate surface area is 268 Å². The van der Waals surface area contributed by atoms with Crippen molar-refractivity contribution in [2.45, 2.75) is 114 Å². The summed E-state index contributed by atoms with van der Waals surface area (Å²) in [7, 11) is -2.40. The van der Waals surface area contributed by atoms with Gasteiger partial charge in [0, 0.05) is 33.1 Å². The maximum absolute atomic E-state index is 14.3. The number of Topliss-reactive ketones (excluding diaryl/α,β-unsaturated/α-hetero) is 1. The number of ketones is 1. The number of likely N-dealkylation sites (tertiary alicyclic amines) is 1. The van der Waals surface area contributed by atoms with Crippen molar-refractivity contribution in [3.05, 3.63) is 25.3 Å². The molecule has 254 valence electrons. The molecule has 0 aromatic rings. The average molecular weight is 653 g/mol. The van der Waals surface area contributed by atoms with Gasteiger partial charge in [-0.15, -0.1) is 13.2 Å². The van der Waals surface area contributed by atoms with Gasteiger partial charge < -0.3 is 19.5 Å². The second kappa shape index (κ2) is 14.5.